The second-order valence-electron chi connectivity index (χ2n) is 7.94. The number of nitrogens with one attached hydrogen (secondary N) is 1. The van der Waals surface area contributed by atoms with Gasteiger partial charge in [0.15, 0.2) is 0 Å². The minimum Gasteiger partial charge on any atom is -0.494 e. The van der Waals surface area contributed by atoms with Gasteiger partial charge in [0.25, 0.3) is 0 Å². The van der Waals surface area contributed by atoms with Crippen LogP contribution in [0.3, 0.4) is 0 Å². The molecule has 1 atom stereocenters. The SMILES string of the molecule is CCOc1ccc(-c2noc(CCC(=O)NC(C)c3cccc(OCc4ccccn4)c3)n2)cc1. The van der Waals surface area contributed by atoms with E-state index < -0.39 is 0 Å². The molecule has 4 aromatic rings. The fourth-order valence-corrected chi connectivity index (χ4v) is 3.47. The number of nitrogens with zero attached hydrogens (tertiary/aromatic N) is 3. The number of pyridine rings is 1. The van der Waals surface area contributed by atoms with Crippen molar-refractivity contribution in [2.75, 3.05) is 6.61 Å². The van der Waals surface area contributed by atoms with Gasteiger partial charge in [-0.15, -0.1) is 0 Å². The first-order valence-electron chi connectivity index (χ1n) is 11.6. The maximum Gasteiger partial charge on any atom is 0.227 e. The highest BCUT2D eigenvalue weighted by atomic mass is 16.5. The van der Waals surface area contributed by atoms with E-state index in [9.17, 15) is 4.79 Å². The molecule has 2 aromatic carbocycles. The standard InChI is InChI=1S/C27H28N4O4/c1-3-33-23-12-10-20(11-13-23)27-30-26(35-31-27)15-14-25(32)29-19(2)21-7-6-9-24(17-21)34-18-22-8-4-5-16-28-22/h4-13,16-17,19H,3,14-15,18H2,1-2H3,(H,29,32). The van der Waals surface area contributed by atoms with Crippen LogP contribution in [0.15, 0.2) is 77.4 Å². The van der Waals surface area contributed by atoms with Crippen LogP contribution in [0.5, 0.6) is 11.5 Å². The average Bonchev–Trinajstić information content (AvgIpc) is 3.37. The molecule has 0 aliphatic carbocycles. The highest BCUT2D eigenvalue weighted by molar-refractivity contribution is 5.76. The van der Waals surface area contributed by atoms with Gasteiger partial charge in [0.05, 0.1) is 18.3 Å². The van der Waals surface area contributed by atoms with E-state index in [-0.39, 0.29) is 18.4 Å². The number of carbonyl (C=O) groups excluding carboxylic acids is 1. The Balaban J connectivity index is 1.26. The summed E-state index contributed by atoms with van der Waals surface area (Å²) in [6, 6.07) is 20.7. The smallest absolute Gasteiger partial charge is 0.227 e. The van der Waals surface area contributed by atoms with Crippen LogP contribution >= 0.6 is 0 Å². The second-order valence-corrected chi connectivity index (χ2v) is 7.94. The van der Waals surface area contributed by atoms with Gasteiger partial charge in [0.2, 0.25) is 17.6 Å². The molecule has 8 heteroatoms. The van der Waals surface area contributed by atoms with Crippen molar-refractivity contribution in [1.82, 2.24) is 20.4 Å². The summed E-state index contributed by atoms with van der Waals surface area (Å²) >= 11 is 0. The molecule has 1 N–H and O–H groups in total. The molecule has 2 aromatic heterocycles. The van der Waals surface area contributed by atoms with Crippen LogP contribution < -0.4 is 14.8 Å². The number of hydrogen-bond acceptors (Lipinski definition) is 7. The molecule has 0 radical (unpaired) electrons. The third kappa shape index (κ3) is 6.89. The molecule has 0 saturated heterocycles. The first-order chi connectivity index (χ1) is 17.1. The lowest BCUT2D eigenvalue weighted by Crippen LogP contribution is -2.26. The van der Waals surface area contributed by atoms with Gasteiger partial charge in [-0.1, -0.05) is 23.4 Å². The highest BCUT2D eigenvalue weighted by Crippen LogP contribution is 2.22. The Morgan fingerprint density at radius 2 is 1.89 bits per heavy atom. The van der Waals surface area contributed by atoms with Crippen molar-refractivity contribution in [3.63, 3.8) is 0 Å². The van der Waals surface area contributed by atoms with Gasteiger partial charge < -0.3 is 19.3 Å². The second kappa shape index (κ2) is 11.8. The van der Waals surface area contributed by atoms with Crippen molar-refractivity contribution in [2.45, 2.75) is 39.3 Å². The molecule has 35 heavy (non-hydrogen) atoms. The summed E-state index contributed by atoms with van der Waals surface area (Å²) in [7, 11) is 0. The number of aryl methyl sites for hydroxylation is 1. The quantitative estimate of drug-likeness (QED) is 0.331. The van der Waals surface area contributed by atoms with Crippen molar-refractivity contribution in [2.24, 2.45) is 0 Å². The molecule has 180 valence electrons. The van der Waals surface area contributed by atoms with Gasteiger partial charge in [0, 0.05) is 24.6 Å². The fourth-order valence-electron chi connectivity index (χ4n) is 3.47. The van der Waals surface area contributed by atoms with Gasteiger partial charge in [-0.2, -0.15) is 4.98 Å². The molecule has 0 spiro atoms. The minimum absolute atomic E-state index is 0.0990. The Morgan fingerprint density at radius 1 is 1.03 bits per heavy atom. The maximum absolute atomic E-state index is 12.5. The van der Waals surface area contributed by atoms with Crippen molar-refractivity contribution in [3.05, 3.63) is 90.1 Å². The molecule has 1 amide bonds. The lowest BCUT2D eigenvalue weighted by molar-refractivity contribution is -0.121. The largest absolute Gasteiger partial charge is 0.494 e. The van der Waals surface area contributed by atoms with Crippen LogP contribution in [0.4, 0.5) is 0 Å². The van der Waals surface area contributed by atoms with Gasteiger partial charge >= 0.3 is 0 Å². The molecule has 0 fully saturated rings. The summed E-state index contributed by atoms with van der Waals surface area (Å²) in [5.74, 6) is 2.32. The van der Waals surface area contributed by atoms with E-state index in [0.29, 0.717) is 31.3 Å². The van der Waals surface area contributed by atoms with E-state index in [0.717, 1.165) is 28.3 Å². The Labute approximate surface area is 204 Å². The zero-order chi connectivity index (χ0) is 24.5. The van der Waals surface area contributed by atoms with E-state index in [1.54, 1.807) is 6.20 Å². The van der Waals surface area contributed by atoms with Crippen LogP contribution in [0, 0.1) is 0 Å². The van der Waals surface area contributed by atoms with Crippen LogP contribution in [0.25, 0.3) is 11.4 Å². The summed E-state index contributed by atoms with van der Waals surface area (Å²) in [6.45, 7) is 4.87. The summed E-state index contributed by atoms with van der Waals surface area (Å²) in [5, 5.41) is 7.03. The number of amides is 1. The van der Waals surface area contributed by atoms with E-state index in [2.05, 4.69) is 20.4 Å². The normalized spacial score (nSPS) is 11.6. The topological polar surface area (TPSA) is 99.4 Å². The van der Waals surface area contributed by atoms with Crippen LogP contribution in [0.1, 0.15) is 43.5 Å². The van der Waals surface area contributed by atoms with E-state index in [1.807, 2.05) is 80.6 Å². The summed E-state index contributed by atoms with van der Waals surface area (Å²) in [6.07, 6.45) is 2.34. The Hall–Kier alpha value is -4.20. The predicted octanol–water partition coefficient (Wildman–Crippen LogP) is 4.92. The van der Waals surface area contributed by atoms with Crippen LogP contribution in [-0.2, 0) is 17.8 Å². The molecule has 0 aliphatic heterocycles. The molecule has 1 unspecified atom stereocenters. The fraction of sp³-hybridized carbons (Fsp3) is 0.259. The van der Waals surface area contributed by atoms with Crippen molar-refractivity contribution in [3.8, 4) is 22.9 Å². The van der Waals surface area contributed by atoms with E-state index in [1.165, 1.54) is 0 Å². The third-order valence-corrected chi connectivity index (χ3v) is 5.31. The van der Waals surface area contributed by atoms with Gasteiger partial charge in [-0.3, -0.25) is 9.78 Å². The molecular weight excluding hydrogens is 444 g/mol. The lowest BCUT2D eigenvalue weighted by Gasteiger charge is -2.15. The first kappa shape index (κ1) is 23.9. The minimum atomic E-state index is -0.178. The van der Waals surface area contributed by atoms with Crippen LogP contribution in [0.2, 0.25) is 0 Å². The van der Waals surface area contributed by atoms with Crippen molar-refractivity contribution in [1.29, 1.82) is 0 Å². The first-order valence-corrected chi connectivity index (χ1v) is 11.6. The average molecular weight is 473 g/mol. The molecular formula is C27H28N4O4. The Kier molecular flexibility index (Phi) is 8.06. The highest BCUT2D eigenvalue weighted by Gasteiger charge is 2.14. The third-order valence-electron chi connectivity index (χ3n) is 5.31. The van der Waals surface area contributed by atoms with Gasteiger partial charge in [-0.05, 0) is 67.9 Å². The van der Waals surface area contributed by atoms with Gasteiger partial charge in [0.1, 0.15) is 18.1 Å². The number of aromatic nitrogens is 3. The zero-order valence-corrected chi connectivity index (χ0v) is 19.8. The molecule has 0 aliphatic rings. The van der Waals surface area contributed by atoms with Gasteiger partial charge in [-0.25, -0.2) is 0 Å². The number of ether oxygens (including phenoxy) is 2. The molecule has 0 bridgehead atoms. The molecule has 2 heterocycles. The van der Waals surface area contributed by atoms with E-state index in [4.69, 9.17) is 14.0 Å². The predicted molar refractivity (Wildman–Crippen MR) is 131 cm³/mol. The summed E-state index contributed by atoms with van der Waals surface area (Å²) in [4.78, 5) is 21.2. The maximum atomic E-state index is 12.5. The van der Waals surface area contributed by atoms with Crippen LogP contribution in [-0.4, -0.2) is 27.6 Å². The monoisotopic (exact) mass is 472 g/mol. The number of rotatable bonds is 11. The summed E-state index contributed by atoms with van der Waals surface area (Å²) in [5.41, 5.74) is 2.63. The molecule has 4 rings (SSSR count). The molecule has 8 nitrogen and oxygen atoms in total. The number of hydrogen-bond donors (Lipinski definition) is 1. The van der Waals surface area contributed by atoms with Crippen molar-refractivity contribution < 1.29 is 18.8 Å². The zero-order valence-electron chi connectivity index (χ0n) is 19.8. The molecule has 0 saturated carbocycles. The van der Waals surface area contributed by atoms with Crippen molar-refractivity contribution >= 4 is 5.91 Å². The number of benzene rings is 2. The van der Waals surface area contributed by atoms with E-state index >= 15 is 0 Å². The Morgan fingerprint density at radius 3 is 2.66 bits per heavy atom. The Bertz CT molecular complexity index is 1230. The number of carbonyl (C=O) groups is 1. The lowest BCUT2D eigenvalue weighted by atomic mass is 10.1. The summed E-state index contributed by atoms with van der Waals surface area (Å²) < 4.78 is 16.6.